The molecule has 1 amide bonds. The molecule has 0 saturated heterocycles. The fraction of sp³-hybridized carbons (Fsp3) is 0.200. The lowest BCUT2D eigenvalue weighted by Gasteiger charge is -2.14. The number of carbonyl (C=O) groups excluding carboxylic acids is 1. The van der Waals surface area contributed by atoms with E-state index in [2.05, 4.69) is 36.6 Å². The summed E-state index contributed by atoms with van der Waals surface area (Å²) in [6.45, 7) is 4.93. The molecule has 5 nitrogen and oxygen atoms in total. The van der Waals surface area contributed by atoms with Crippen molar-refractivity contribution in [1.82, 2.24) is 5.32 Å². The molecular weight excluding hydrogens is 374 g/mol. The fourth-order valence-corrected chi connectivity index (χ4v) is 3.09. The summed E-state index contributed by atoms with van der Waals surface area (Å²) in [4.78, 5) is 12.5. The molecule has 5 heteroatoms. The van der Waals surface area contributed by atoms with Gasteiger partial charge in [0, 0.05) is 29.4 Å². The van der Waals surface area contributed by atoms with Crippen LogP contribution >= 0.6 is 0 Å². The Kier molecular flexibility index (Phi) is 6.84. The van der Waals surface area contributed by atoms with Gasteiger partial charge in [-0.2, -0.15) is 5.26 Å². The third-order valence-corrected chi connectivity index (χ3v) is 4.71. The first-order valence-corrected chi connectivity index (χ1v) is 9.82. The number of nitriles is 1. The van der Waals surface area contributed by atoms with E-state index in [-0.39, 0.29) is 5.91 Å². The summed E-state index contributed by atoms with van der Waals surface area (Å²) in [6.07, 6.45) is 0. The monoisotopic (exact) mass is 399 g/mol. The van der Waals surface area contributed by atoms with E-state index < -0.39 is 0 Å². The maximum Gasteiger partial charge on any atom is 0.255 e. The van der Waals surface area contributed by atoms with Crippen LogP contribution in [0.25, 0.3) is 11.1 Å². The highest BCUT2D eigenvalue weighted by Gasteiger charge is 2.09. The number of methoxy groups -OCH3 is 1. The quantitative estimate of drug-likeness (QED) is 0.587. The molecule has 0 radical (unpaired) electrons. The predicted octanol–water partition coefficient (Wildman–Crippen LogP) is 4.98. The zero-order chi connectivity index (χ0) is 21.5. The summed E-state index contributed by atoms with van der Waals surface area (Å²) < 4.78 is 5.49. The standard InChI is InChI=1S/C25H25N3O2/c1-17(2)27-16-22-13-21(11-12-24(22)30-3)20-5-4-6-23(14-20)28-25(29)19-9-7-18(15-26)8-10-19/h4-14,17,27H,16H2,1-3H3,(H,28,29). The Hall–Kier alpha value is -3.62. The lowest BCUT2D eigenvalue weighted by atomic mass is 10.0. The summed E-state index contributed by atoms with van der Waals surface area (Å²) in [5.74, 6) is 0.630. The van der Waals surface area contributed by atoms with E-state index in [1.807, 2.05) is 36.4 Å². The second-order valence-electron chi connectivity index (χ2n) is 7.29. The van der Waals surface area contributed by atoms with Crippen LogP contribution in [0.4, 0.5) is 5.69 Å². The third-order valence-electron chi connectivity index (χ3n) is 4.71. The van der Waals surface area contributed by atoms with Crippen LogP contribution in [-0.2, 0) is 6.54 Å². The number of hydrogen-bond donors (Lipinski definition) is 2. The molecule has 30 heavy (non-hydrogen) atoms. The van der Waals surface area contributed by atoms with Crippen molar-refractivity contribution in [1.29, 1.82) is 5.26 Å². The lowest BCUT2D eigenvalue weighted by molar-refractivity contribution is 0.102. The van der Waals surface area contributed by atoms with Crippen molar-refractivity contribution in [3.8, 4) is 22.9 Å². The maximum atomic E-state index is 12.5. The SMILES string of the molecule is COc1ccc(-c2cccc(NC(=O)c3ccc(C#N)cc3)c2)cc1CNC(C)C. The van der Waals surface area contributed by atoms with Crippen LogP contribution in [0.2, 0.25) is 0 Å². The summed E-state index contributed by atoms with van der Waals surface area (Å²) in [5, 5.41) is 15.2. The number of amides is 1. The number of benzene rings is 3. The Balaban J connectivity index is 1.81. The van der Waals surface area contributed by atoms with Crippen molar-refractivity contribution < 1.29 is 9.53 Å². The first-order chi connectivity index (χ1) is 14.5. The van der Waals surface area contributed by atoms with Crippen LogP contribution in [0.15, 0.2) is 66.7 Å². The minimum absolute atomic E-state index is 0.215. The number of rotatable bonds is 7. The molecule has 3 aromatic rings. The van der Waals surface area contributed by atoms with Gasteiger partial charge in [0.2, 0.25) is 0 Å². The highest BCUT2D eigenvalue weighted by atomic mass is 16.5. The van der Waals surface area contributed by atoms with E-state index in [1.54, 1.807) is 31.4 Å². The van der Waals surface area contributed by atoms with E-state index in [9.17, 15) is 4.79 Å². The number of ether oxygens (including phenoxy) is 1. The van der Waals surface area contributed by atoms with Gasteiger partial charge >= 0.3 is 0 Å². The van der Waals surface area contributed by atoms with Crippen LogP contribution in [0.1, 0.15) is 35.3 Å². The minimum Gasteiger partial charge on any atom is -0.496 e. The number of nitrogens with one attached hydrogen (secondary N) is 2. The van der Waals surface area contributed by atoms with Gasteiger partial charge in [0.25, 0.3) is 5.91 Å². The summed E-state index contributed by atoms with van der Waals surface area (Å²) in [5.41, 5.74) is 4.86. The van der Waals surface area contributed by atoms with Crippen molar-refractivity contribution in [3.05, 3.63) is 83.4 Å². The molecule has 0 atom stereocenters. The van der Waals surface area contributed by atoms with E-state index in [1.165, 1.54) is 0 Å². The van der Waals surface area contributed by atoms with Crippen molar-refractivity contribution in [2.75, 3.05) is 12.4 Å². The molecule has 0 heterocycles. The van der Waals surface area contributed by atoms with E-state index in [4.69, 9.17) is 10.00 Å². The Morgan fingerprint density at radius 3 is 2.43 bits per heavy atom. The van der Waals surface area contributed by atoms with Gasteiger partial charge in [-0.25, -0.2) is 0 Å². The third kappa shape index (κ3) is 5.25. The van der Waals surface area contributed by atoms with Crippen LogP contribution < -0.4 is 15.4 Å². The summed E-state index contributed by atoms with van der Waals surface area (Å²) >= 11 is 0. The molecule has 2 N–H and O–H groups in total. The lowest BCUT2D eigenvalue weighted by Crippen LogP contribution is -2.22. The zero-order valence-corrected chi connectivity index (χ0v) is 17.4. The topological polar surface area (TPSA) is 74.1 Å². The molecule has 0 bridgehead atoms. The van der Waals surface area contributed by atoms with Crippen LogP contribution in [0.3, 0.4) is 0 Å². The van der Waals surface area contributed by atoms with Gasteiger partial charge in [-0.15, -0.1) is 0 Å². The van der Waals surface area contributed by atoms with Gasteiger partial charge in [0.1, 0.15) is 5.75 Å². The van der Waals surface area contributed by atoms with Crippen LogP contribution in [0, 0.1) is 11.3 Å². The van der Waals surface area contributed by atoms with Crippen molar-refractivity contribution >= 4 is 11.6 Å². The van der Waals surface area contributed by atoms with Gasteiger partial charge in [-0.1, -0.05) is 32.0 Å². The van der Waals surface area contributed by atoms with Crippen molar-refractivity contribution in [3.63, 3.8) is 0 Å². The Bertz CT molecular complexity index is 1070. The van der Waals surface area contributed by atoms with E-state index >= 15 is 0 Å². The second-order valence-corrected chi connectivity index (χ2v) is 7.29. The highest BCUT2D eigenvalue weighted by Crippen LogP contribution is 2.28. The molecule has 0 aliphatic rings. The van der Waals surface area contributed by atoms with Gasteiger partial charge in [0.05, 0.1) is 18.7 Å². The molecule has 0 aliphatic heterocycles. The molecular formula is C25H25N3O2. The molecule has 152 valence electrons. The number of hydrogen-bond acceptors (Lipinski definition) is 4. The molecule has 0 unspecified atom stereocenters. The van der Waals surface area contributed by atoms with Gasteiger partial charge in [0.15, 0.2) is 0 Å². The fourth-order valence-electron chi connectivity index (χ4n) is 3.09. The number of nitrogens with zero attached hydrogens (tertiary/aromatic N) is 1. The van der Waals surface area contributed by atoms with Crippen molar-refractivity contribution in [2.24, 2.45) is 0 Å². The Labute approximate surface area is 177 Å². The summed E-state index contributed by atoms with van der Waals surface area (Å²) in [6, 6.07) is 22.8. The molecule has 0 spiro atoms. The smallest absolute Gasteiger partial charge is 0.255 e. The molecule has 3 aromatic carbocycles. The number of anilines is 1. The molecule has 0 saturated carbocycles. The van der Waals surface area contributed by atoms with Crippen LogP contribution in [-0.4, -0.2) is 19.1 Å². The predicted molar refractivity (Wildman–Crippen MR) is 120 cm³/mol. The van der Waals surface area contributed by atoms with E-state index in [0.29, 0.717) is 29.4 Å². The molecule has 0 fully saturated rings. The molecule has 3 rings (SSSR count). The second kappa shape index (κ2) is 9.73. The molecule has 0 aromatic heterocycles. The first-order valence-electron chi connectivity index (χ1n) is 9.82. The molecule has 0 aliphatic carbocycles. The zero-order valence-electron chi connectivity index (χ0n) is 17.4. The highest BCUT2D eigenvalue weighted by molar-refractivity contribution is 6.04. The first kappa shape index (κ1) is 21.1. The summed E-state index contributed by atoms with van der Waals surface area (Å²) in [7, 11) is 1.67. The van der Waals surface area contributed by atoms with Gasteiger partial charge < -0.3 is 15.4 Å². The van der Waals surface area contributed by atoms with E-state index in [0.717, 1.165) is 22.4 Å². The van der Waals surface area contributed by atoms with Gasteiger partial charge in [-0.3, -0.25) is 4.79 Å². The average molecular weight is 399 g/mol. The minimum atomic E-state index is -0.215. The Morgan fingerprint density at radius 1 is 1.03 bits per heavy atom. The maximum absolute atomic E-state index is 12.5. The van der Waals surface area contributed by atoms with Gasteiger partial charge in [-0.05, 0) is 59.7 Å². The number of carbonyl (C=O) groups is 1. The average Bonchev–Trinajstić information content (AvgIpc) is 2.77. The normalized spacial score (nSPS) is 10.5. The van der Waals surface area contributed by atoms with Crippen molar-refractivity contribution in [2.45, 2.75) is 26.4 Å². The largest absolute Gasteiger partial charge is 0.496 e. The van der Waals surface area contributed by atoms with Crippen LogP contribution in [0.5, 0.6) is 5.75 Å². The Morgan fingerprint density at radius 2 is 1.77 bits per heavy atom.